The van der Waals surface area contributed by atoms with Crippen molar-refractivity contribution in [1.82, 2.24) is 4.72 Å². The number of benzene rings is 3. The summed E-state index contributed by atoms with van der Waals surface area (Å²) in [6, 6.07) is 20.2. The van der Waals surface area contributed by atoms with Crippen LogP contribution >= 0.6 is 0 Å². The molecule has 8 heteroatoms. The summed E-state index contributed by atoms with van der Waals surface area (Å²) >= 11 is 0. The molecule has 30 heavy (non-hydrogen) atoms. The molecule has 0 fully saturated rings. The molecule has 152 valence electrons. The van der Waals surface area contributed by atoms with Crippen molar-refractivity contribution < 1.29 is 18.0 Å². The standard InChI is InChI=1S/C22H19N3O4S/c26-21-13-17-12-16(6-11-20(17)25-21)22(27)24-18-7-9-19(10-8-18)30(28,29)23-14-15-4-2-1-3-5-15/h1-12,23H,13-14H2,(H,24,27)(H,25,26). The van der Waals surface area contributed by atoms with Crippen LogP contribution in [0.15, 0.2) is 77.7 Å². The Bertz CT molecular complexity index is 1210. The van der Waals surface area contributed by atoms with Crippen molar-refractivity contribution in [3.63, 3.8) is 0 Å². The Morgan fingerprint density at radius 1 is 0.967 bits per heavy atom. The molecule has 3 N–H and O–H groups in total. The maximum Gasteiger partial charge on any atom is 0.255 e. The van der Waals surface area contributed by atoms with Gasteiger partial charge in [-0.05, 0) is 53.6 Å². The topological polar surface area (TPSA) is 104 Å². The zero-order chi connectivity index (χ0) is 21.1. The van der Waals surface area contributed by atoms with Gasteiger partial charge in [0.25, 0.3) is 5.91 Å². The summed E-state index contributed by atoms with van der Waals surface area (Å²) in [5.74, 6) is -0.435. The van der Waals surface area contributed by atoms with E-state index in [0.717, 1.165) is 11.1 Å². The molecule has 4 rings (SSSR count). The van der Waals surface area contributed by atoms with Crippen molar-refractivity contribution in [3.05, 3.63) is 89.5 Å². The lowest BCUT2D eigenvalue weighted by atomic mass is 10.1. The van der Waals surface area contributed by atoms with Gasteiger partial charge in [0.2, 0.25) is 15.9 Å². The Kier molecular flexibility index (Phi) is 5.35. The van der Waals surface area contributed by atoms with E-state index in [4.69, 9.17) is 0 Å². The number of fused-ring (bicyclic) bond motifs is 1. The first kappa shape index (κ1) is 19.8. The number of sulfonamides is 1. The van der Waals surface area contributed by atoms with Crippen LogP contribution in [0, 0.1) is 0 Å². The molecule has 0 bridgehead atoms. The first-order valence-corrected chi connectivity index (χ1v) is 10.8. The molecule has 0 spiro atoms. The van der Waals surface area contributed by atoms with Gasteiger partial charge in [-0.2, -0.15) is 0 Å². The van der Waals surface area contributed by atoms with Gasteiger partial charge in [-0.1, -0.05) is 30.3 Å². The number of hydrogen-bond donors (Lipinski definition) is 3. The van der Waals surface area contributed by atoms with Crippen molar-refractivity contribution in [2.75, 3.05) is 10.6 Å². The highest BCUT2D eigenvalue weighted by Gasteiger charge is 2.19. The van der Waals surface area contributed by atoms with Crippen molar-refractivity contribution in [2.45, 2.75) is 17.9 Å². The van der Waals surface area contributed by atoms with Crippen LogP contribution in [-0.2, 0) is 27.8 Å². The van der Waals surface area contributed by atoms with Crippen molar-refractivity contribution in [2.24, 2.45) is 0 Å². The molecule has 1 aliphatic heterocycles. The van der Waals surface area contributed by atoms with E-state index in [9.17, 15) is 18.0 Å². The number of amides is 2. The van der Waals surface area contributed by atoms with E-state index in [1.165, 1.54) is 24.3 Å². The second-order valence-electron chi connectivity index (χ2n) is 6.89. The minimum Gasteiger partial charge on any atom is -0.326 e. The minimum atomic E-state index is -3.67. The first-order valence-electron chi connectivity index (χ1n) is 9.28. The Morgan fingerprint density at radius 2 is 1.70 bits per heavy atom. The predicted octanol–water partition coefficient (Wildman–Crippen LogP) is 2.91. The van der Waals surface area contributed by atoms with Crippen molar-refractivity contribution in [1.29, 1.82) is 0 Å². The largest absolute Gasteiger partial charge is 0.326 e. The zero-order valence-electron chi connectivity index (χ0n) is 15.9. The third-order valence-corrected chi connectivity index (χ3v) is 6.14. The van der Waals surface area contributed by atoms with Gasteiger partial charge >= 0.3 is 0 Å². The second-order valence-corrected chi connectivity index (χ2v) is 8.65. The Balaban J connectivity index is 1.41. The molecule has 0 saturated carbocycles. The number of carbonyl (C=O) groups is 2. The third-order valence-electron chi connectivity index (χ3n) is 4.72. The van der Waals surface area contributed by atoms with E-state index < -0.39 is 10.0 Å². The molecule has 3 aromatic rings. The Morgan fingerprint density at radius 3 is 2.43 bits per heavy atom. The highest BCUT2D eigenvalue weighted by Crippen LogP contribution is 2.24. The number of carbonyl (C=O) groups excluding carboxylic acids is 2. The first-order chi connectivity index (χ1) is 14.4. The summed E-state index contributed by atoms with van der Waals surface area (Å²) in [4.78, 5) is 24.0. The summed E-state index contributed by atoms with van der Waals surface area (Å²) < 4.78 is 27.5. The van der Waals surface area contributed by atoms with Crippen LogP contribution in [-0.4, -0.2) is 20.2 Å². The fraction of sp³-hybridized carbons (Fsp3) is 0.0909. The van der Waals surface area contributed by atoms with Crippen LogP contribution < -0.4 is 15.4 Å². The number of hydrogen-bond acceptors (Lipinski definition) is 4. The molecule has 2 amide bonds. The van der Waals surface area contributed by atoms with E-state index in [1.807, 2.05) is 30.3 Å². The molecule has 0 aromatic heterocycles. The fourth-order valence-electron chi connectivity index (χ4n) is 3.15. The molecule has 7 nitrogen and oxygen atoms in total. The molecule has 0 radical (unpaired) electrons. The summed E-state index contributed by atoms with van der Waals surface area (Å²) in [5.41, 5.74) is 3.24. The predicted molar refractivity (Wildman–Crippen MR) is 114 cm³/mol. The van der Waals surface area contributed by atoms with E-state index in [-0.39, 0.29) is 29.7 Å². The number of anilines is 2. The van der Waals surface area contributed by atoms with Crippen LogP contribution in [0.1, 0.15) is 21.5 Å². The van der Waals surface area contributed by atoms with Gasteiger partial charge in [0.05, 0.1) is 11.3 Å². The molecule has 1 heterocycles. The molecular weight excluding hydrogens is 402 g/mol. The maximum absolute atomic E-state index is 12.5. The van der Waals surface area contributed by atoms with Crippen molar-refractivity contribution in [3.8, 4) is 0 Å². The van der Waals surface area contributed by atoms with Gasteiger partial charge in [0, 0.05) is 23.5 Å². The SMILES string of the molecule is O=C1Cc2cc(C(=O)Nc3ccc(S(=O)(=O)NCc4ccccc4)cc3)ccc2N1. The van der Waals surface area contributed by atoms with Crippen LogP contribution in [0.4, 0.5) is 11.4 Å². The van der Waals surface area contributed by atoms with Gasteiger partial charge in [-0.15, -0.1) is 0 Å². The average Bonchev–Trinajstić information content (AvgIpc) is 3.12. The van der Waals surface area contributed by atoms with Gasteiger partial charge in [0.1, 0.15) is 0 Å². The molecule has 0 unspecified atom stereocenters. The Labute approximate surface area is 174 Å². The van der Waals surface area contributed by atoms with E-state index in [0.29, 0.717) is 16.9 Å². The van der Waals surface area contributed by atoms with Gasteiger partial charge < -0.3 is 10.6 Å². The van der Waals surface area contributed by atoms with Gasteiger partial charge in [-0.3, -0.25) is 9.59 Å². The van der Waals surface area contributed by atoms with E-state index in [2.05, 4.69) is 15.4 Å². The molecular formula is C22H19N3O4S. The van der Waals surface area contributed by atoms with Crippen LogP contribution in [0.25, 0.3) is 0 Å². The summed E-state index contributed by atoms with van der Waals surface area (Å²) in [7, 11) is -3.67. The Hall–Kier alpha value is -3.49. The molecule has 0 atom stereocenters. The average molecular weight is 421 g/mol. The normalized spacial score (nSPS) is 12.9. The fourth-order valence-corrected chi connectivity index (χ4v) is 4.17. The van der Waals surface area contributed by atoms with E-state index in [1.54, 1.807) is 18.2 Å². The lowest BCUT2D eigenvalue weighted by molar-refractivity contribution is -0.115. The van der Waals surface area contributed by atoms with E-state index >= 15 is 0 Å². The second kappa shape index (κ2) is 8.10. The minimum absolute atomic E-state index is 0.0970. The number of rotatable bonds is 6. The number of nitrogens with one attached hydrogen (secondary N) is 3. The van der Waals surface area contributed by atoms with Crippen LogP contribution in [0.2, 0.25) is 0 Å². The van der Waals surface area contributed by atoms with Crippen molar-refractivity contribution >= 4 is 33.2 Å². The summed E-state index contributed by atoms with van der Waals surface area (Å²) in [6.07, 6.45) is 0.249. The highest BCUT2D eigenvalue weighted by molar-refractivity contribution is 7.89. The van der Waals surface area contributed by atoms with Gasteiger partial charge in [-0.25, -0.2) is 13.1 Å². The lowest BCUT2D eigenvalue weighted by Gasteiger charge is -2.09. The monoisotopic (exact) mass is 421 g/mol. The smallest absolute Gasteiger partial charge is 0.255 e. The summed E-state index contributed by atoms with van der Waals surface area (Å²) in [5, 5.41) is 5.46. The maximum atomic E-state index is 12.5. The third kappa shape index (κ3) is 4.40. The van der Waals surface area contributed by atoms with Gasteiger partial charge in [0.15, 0.2) is 0 Å². The highest BCUT2D eigenvalue weighted by atomic mass is 32.2. The molecule has 0 aliphatic carbocycles. The quantitative estimate of drug-likeness (QED) is 0.569. The summed E-state index contributed by atoms with van der Waals surface area (Å²) in [6.45, 7) is 0.192. The van der Waals surface area contributed by atoms with Crippen LogP contribution in [0.3, 0.4) is 0 Å². The molecule has 0 saturated heterocycles. The molecule has 1 aliphatic rings. The van der Waals surface area contributed by atoms with Crippen LogP contribution in [0.5, 0.6) is 0 Å². The molecule has 3 aromatic carbocycles. The zero-order valence-corrected chi connectivity index (χ0v) is 16.7. The lowest BCUT2D eigenvalue weighted by Crippen LogP contribution is -2.23.